The molecule has 3 N–H and O–H groups in total. The van der Waals surface area contributed by atoms with Crippen molar-refractivity contribution in [1.82, 2.24) is 0 Å². The summed E-state index contributed by atoms with van der Waals surface area (Å²) >= 11 is 0. The van der Waals surface area contributed by atoms with Crippen molar-refractivity contribution in [1.29, 1.82) is 0 Å². The molecule has 0 bridgehead atoms. The van der Waals surface area contributed by atoms with E-state index in [1.807, 2.05) is 6.07 Å². The molecule has 0 aromatic heterocycles. The zero-order valence-electron chi connectivity index (χ0n) is 10.3. The van der Waals surface area contributed by atoms with Crippen LogP contribution in [-0.2, 0) is 4.74 Å². The molecule has 0 unspecified atom stereocenters. The van der Waals surface area contributed by atoms with Crippen LogP contribution in [0.25, 0.3) is 0 Å². The van der Waals surface area contributed by atoms with Crippen molar-refractivity contribution in [3.8, 4) is 0 Å². The molecule has 2 rings (SSSR count). The lowest BCUT2D eigenvalue weighted by atomic mass is 10.2. The molecule has 0 atom stereocenters. The van der Waals surface area contributed by atoms with Gasteiger partial charge in [-0.15, -0.1) is 0 Å². The fourth-order valence-corrected chi connectivity index (χ4v) is 1.63. The van der Waals surface area contributed by atoms with Crippen molar-refractivity contribution >= 4 is 23.0 Å². The Kier molecular flexibility index (Phi) is 3.66. The Hall–Kier alpha value is -2.56. The molecular formula is C14H13FN2O2. The minimum Gasteiger partial charge on any atom is -0.465 e. The summed E-state index contributed by atoms with van der Waals surface area (Å²) in [6, 6.07) is 11.3. The molecule has 0 fully saturated rings. The predicted molar refractivity (Wildman–Crippen MR) is 71.9 cm³/mol. The number of benzene rings is 2. The van der Waals surface area contributed by atoms with Crippen LogP contribution in [0.5, 0.6) is 0 Å². The molecule has 0 amide bonds. The van der Waals surface area contributed by atoms with Gasteiger partial charge >= 0.3 is 5.97 Å². The minimum atomic E-state index is -0.705. The number of carbonyl (C=O) groups excluding carboxylic acids is 1. The molecule has 2 aromatic carbocycles. The maximum absolute atomic E-state index is 13.7. The number of methoxy groups -OCH3 is 1. The molecule has 98 valence electrons. The molecule has 0 saturated carbocycles. The number of anilines is 3. The van der Waals surface area contributed by atoms with Crippen LogP contribution in [0.1, 0.15) is 10.4 Å². The summed E-state index contributed by atoms with van der Waals surface area (Å²) in [5.41, 5.74) is 7.41. The molecule has 0 spiro atoms. The SMILES string of the molecule is COC(=O)c1ccc(Nc2ccccc2N)cc1F. The van der Waals surface area contributed by atoms with Crippen LogP contribution in [0.15, 0.2) is 42.5 Å². The standard InChI is InChI=1S/C14H13FN2O2/c1-19-14(18)10-7-6-9(8-11(10)15)17-13-5-3-2-4-12(13)16/h2-8,17H,16H2,1H3. The lowest BCUT2D eigenvalue weighted by molar-refractivity contribution is 0.0595. The molecule has 4 nitrogen and oxygen atoms in total. The van der Waals surface area contributed by atoms with E-state index >= 15 is 0 Å². The Balaban J connectivity index is 2.26. The Morgan fingerprint density at radius 3 is 2.63 bits per heavy atom. The highest BCUT2D eigenvalue weighted by Gasteiger charge is 2.12. The van der Waals surface area contributed by atoms with E-state index in [1.54, 1.807) is 24.3 Å². The summed E-state index contributed by atoms with van der Waals surface area (Å²) in [4.78, 5) is 11.3. The summed E-state index contributed by atoms with van der Waals surface area (Å²) in [6.07, 6.45) is 0. The number of para-hydroxylation sites is 2. The molecule has 0 saturated heterocycles. The van der Waals surface area contributed by atoms with Gasteiger partial charge in [0.2, 0.25) is 0 Å². The van der Waals surface area contributed by atoms with Gasteiger partial charge in [0.1, 0.15) is 5.82 Å². The fraction of sp³-hybridized carbons (Fsp3) is 0.0714. The van der Waals surface area contributed by atoms with Crippen LogP contribution in [0.3, 0.4) is 0 Å². The summed E-state index contributed by atoms with van der Waals surface area (Å²) in [7, 11) is 1.21. The molecule has 0 aliphatic carbocycles. The third kappa shape index (κ3) is 2.82. The largest absolute Gasteiger partial charge is 0.465 e. The Morgan fingerprint density at radius 1 is 1.26 bits per heavy atom. The lowest BCUT2D eigenvalue weighted by Crippen LogP contribution is -2.05. The Labute approximate surface area is 110 Å². The van der Waals surface area contributed by atoms with E-state index in [-0.39, 0.29) is 5.56 Å². The van der Waals surface area contributed by atoms with Crippen molar-refractivity contribution in [2.24, 2.45) is 0 Å². The fourth-order valence-electron chi connectivity index (χ4n) is 1.63. The first-order chi connectivity index (χ1) is 9.11. The van der Waals surface area contributed by atoms with E-state index in [1.165, 1.54) is 19.2 Å². The number of esters is 1. The second-order valence-corrected chi connectivity index (χ2v) is 3.90. The van der Waals surface area contributed by atoms with Gasteiger partial charge in [-0.05, 0) is 30.3 Å². The first-order valence-electron chi connectivity index (χ1n) is 5.61. The molecule has 0 heterocycles. The van der Waals surface area contributed by atoms with Crippen LogP contribution < -0.4 is 11.1 Å². The van der Waals surface area contributed by atoms with E-state index in [2.05, 4.69) is 10.1 Å². The maximum Gasteiger partial charge on any atom is 0.340 e. The number of rotatable bonds is 3. The predicted octanol–water partition coefficient (Wildman–Crippen LogP) is 2.94. The topological polar surface area (TPSA) is 64.3 Å². The second-order valence-electron chi connectivity index (χ2n) is 3.90. The third-order valence-corrected chi connectivity index (χ3v) is 2.61. The summed E-state index contributed by atoms with van der Waals surface area (Å²) in [5, 5.41) is 2.98. The van der Waals surface area contributed by atoms with Gasteiger partial charge in [-0.25, -0.2) is 9.18 Å². The van der Waals surface area contributed by atoms with Gasteiger partial charge < -0.3 is 15.8 Å². The second kappa shape index (κ2) is 5.39. The van der Waals surface area contributed by atoms with E-state index in [4.69, 9.17) is 5.73 Å². The van der Waals surface area contributed by atoms with E-state index in [0.717, 1.165) is 0 Å². The maximum atomic E-state index is 13.7. The summed E-state index contributed by atoms with van der Waals surface area (Å²) < 4.78 is 18.2. The third-order valence-electron chi connectivity index (χ3n) is 2.61. The quantitative estimate of drug-likeness (QED) is 0.658. The van der Waals surface area contributed by atoms with Crippen molar-refractivity contribution < 1.29 is 13.9 Å². The average molecular weight is 260 g/mol. The van der Waals surface area contributed by atoms with Crippen molar-refractivity contribution in [3.63, 3.8) is 0 Å². The van der Waals surface area contributed by atoms with Gasteiger partial charge in [-0.2, -0.15) is 0 Å². The average Bonchev–Trinajstić information content (AvgIpc) is 2.41. The number of halogens is 1. The number of ether oxygens (including phenoxy) is 1. The normalized spacial score (nSPS) is 10.0. The Bertz CT molecular complexity index is 614. The number of nitrogen functional groups attached to an aromatic ring is 1. The molecule has 2 aromatic rings. The number of hydrogen-bond donors (Lipinski definition) is 2. The van der Waals surface area contributed by atoms with Crippen LogP contribution in [0.4, 0.5) is 21.5 Å². The Morgan fingerprint density at radius 2 is 2.00 bits per heavy atom. The van der Waals surface area contributed by atoms with Crippen LogP contribution in [-0.4, -0.2) is 13.1 Å². The highest BCUT2D eigenvalue weighted by Crippen LogP contribution is 2.24. The highest BCUT2D eigenvalue weighted by atomic mass is 19.1. The van der Waals surface area contributed by atoms with Gasteiger partial charge in [0, 0.05) is 5.69 Å². The smallest absolute Gasteiger partial charge is 0.340 e. The van der Waals surface area contributed by atoms with Crippen molar-refractivity contribution in [2.75, 3.05) is 18.2 Å². The van der Waals surface area contributed by atoms with Gasteiger partial charge in [-0.3, -0.25) is 0 Å². The number of hydrogen-bond acceptors (Lipinski definition) is 4. The van der Waals surface area contributed by atoms with Gasteiger partial charge in [-0.1, -0.05) is 12.1 Å². The number of carbonyl (C=O) groups is 1. The zero-order chi connectivity index (χ0) is 13.8. The van der Waals surface area contributed by atoms with E-state index in [0.29, 0.717) is 17.1 Å². The monoisotopic (exact) mass is 260 g/mol. The van der Waals surface area contributed by atoms with Gasteiger partial charge in [0.05, 0.1) is 24.0 Å². The molecule has 0 aliphatic rings. The first-order valence-corrected chi connectivity index (χ1v) is 5.61. The zero-order valence-corrected chi connectivity index (χ0v) is 10.3. The van der Waals surface area contributed by atoms with E-state index in [9.17, 15) is 9.18 Å². The van der Waals surface area contributed by atoms with Crippen LogP contribution in [0, 0.1) is 5.82 Å². The summed E-state index contributed by atoms with van der Waals surface area (Å²) in [5.74, 6) is -1.35. The molecule has 0 aliphatic heterocycles. The van der Waals surface area contributed by atoms with Crippen LogP contribution >= 0.6 is 0 Å². The number of nitrogens with one attached hydrogen (secondary N) is 1. The molecule has 0 radical (unpaired) electrons. The van der Waals surface area contributed by atoms with Crippen molar-refractivity contribution in [2.45, 2.75) is 0 Å². The van der Waals surface area contributed by atoms with Gasteiger partial charge in [0.25, 0.3) is 0 Å². The molecule has 5 heteroatoms. The first kappa shape index (κ1) is 12.9. The van der Waals surface area contributed by atoms with Crippen LogP contribution in [0.2, 0.25) is 0 Å². The van der Waals surface area contributed by atoms with E-state index < -0.39 is 11.8 Å². The molecular weight excluding hydrogens is 247 g/mol. The lowest BCUT2D eigenvalue weighted by Gasteiger charge is -2.10. The number of nitrogens with two attached hydrogens (primary N) is 1. The minimum absolute atomic E-state index is 0.103. The summed E-state index contributed by atoms with van der Waals surface area (Å²) in [6.45, 7) is 0. The molecule has 19 heavy (non-hydrogen) atoms. The van der Waals surface area contributed by atoms with Crippen molar-refractivity contribution in [3.05, 3.63) is 53.8 Å². The van der Waals surface area contributed by atoms with Gasteiger partial charge in [0.15, 0.2) is 0 Å². The highest BCUT2D eigenvalue weighted by molar-refractivity contribution is 5.90.